The van der Waals surface area contributed by atoms with Gasteiger partial charge in [-0.25, -0.2) is 9.97 Å². The number of carbonyl (C=O) groups excluding carboxylic acids is 1. The topological polar surface area (TPSA) is 81.3 Å². The summed E-state index contributed by atoms with van der Waals surface area (Å²) in [5.74, 6) is 0.910. The number of hydrogen-bond acceptors (Lipinski definition) is 6. The van der Waals surface area contributed by atoms with E-state index in [1.807, 2.05) is 24.3 Å². The Morgan fingerprint density at radius 2 is 1.97 bits per heavy atom. The Morgan fingerprint density at radius 3 is 2.78 bits per heavy atom. The van der Waals surface area contributed by atoms with Gasteiger partial charge in [0.15, 0.2) is 5.78 Å². The zero-order valence-electron chi connectivity index (χ0n) is 18.2. The van der Waals surface area contributed by atoms with Crippen LogP contribution in [0, 0.1) is 0 Å². The van der Waals surface area contributed by atoms with Gasteiger partial charge in [-0.2, -0.15) is 0 Å². The smallest absolute Gasteiger partial charge is 0.232 e. The minimum Gasteiger partial charge on any atom is -0.477 e. The molecule has 1 fully saturated rings. The number of ketones is 1. The number of ether oxygens (including phenoxy) is 1. The van der Waals surface area contributed by atoms with Crippen LogP contribution in [0.2, 0.25) is 5.02 Å². The Labute approximate surface area is 193 Å². The number of Topliss-reactive ketones (excluding diaryl/α,β-unsaturated/α-hetero) is 1. The number of hydrogen-bond donors (Lipinski definition) is 1. The van der Waals surface area contributed by atoms with Crippen LogP contribution in [-0.4, -0.2) is 46.9 Å². The zero-order valence-corrected chi connectivity index (χ0v) is 19.0. The second kappa shape index (κ2) is 10.7. The summed E-state index contributed by atoms with van der Waals surface area (Å²) in [6.07, 6.45) is 9.11. The summed E-state index contributed by atoms with van der Waals surface area (Å²) in [5, 5.41) is 2.32. The van der Waals surface area contributed by atoms with Crippen molar-refractivity contribution in [3.8, 4) is 5.88 Å². The predicted molar refractivity (Wildman–Crippen MR) is 128 cm³/mol. The fourth-order valence-corrected chi connectivity index (χ4v) is 4.35. The third-order valence-corrected chi connectivity index (χ3v) is 6.21. The van der Waals surface area contributed by atoms with Crippen molar-refractivity contribution >= 4 is 34.0 Å². The lowest BCUT2D eigenvalue weighted by Gasteiger charge is -2.26. The second-order valence-electron chi connectivity index (χ2n) is 8.29. The highest BCUT2D eigenvalue weighted by atomic mass is 35.5. The molecule has 0 radical (unpaired) electrons. The van der Waals surface area contributed by atoms with E-state index in [1.165, 1.54) is 32.4 Å². The number of halogens is 1. The van der Waals surface area contributed by atoms with Crippen molar-refractivity contribution in [1.82, 2.24) is 14.9 Å². The molecule has 2 aromatic heterocycles. The minimum absolute atomic E-state index is 0.00499. The highest BCUT2D eigenvalue weighted by molar-refractivity contribution is 6.32. The predicted octanol–water partition coefficient (Wildman–Crippen LogP) is 4.94. The number of aromatic nitrogens is 2. The van der Waals surface area contributed by atoms with Gasteiger partial charge in [0.1, 0.15) is 10.8 Å². The summed E-state index contributed by atoms with van der Waals surface area (Å²) in [6, 6.07) is 9.56. The number of pyridine rings is 2. The largest absolute Gasteiger partial charge is 0.477 e. The maximum atomic E-state index is 12.7. The van der Waals surface area contributed by atoms with Gasteiger partial charge < -0.3 is 15.4 Å². The highest BCUT2D eigenvalue weighted by Crippen LogP contribution is 2.24. The highest BCUT2D eigenvalue weighted by Gasteiger charge is 2.13. The molecule has 4 rings (SSSR count). The average Bonchev–Trinajstić information content (AvgIpc) is 2.82. The monoisotopic (exact) mass is 452 g/mol. The number of piperidine rings is 1. The van der Waals surface area contributed by atoms with Gasteiger partial charge in [0.05, 0.1) is 6.61 Å². The van der Waals surface area contributed by atoms with Crippen LogP contribution >= 0.6 is 11.6 Å². The molecule has 0 aliphatic carbocycles. The van der Waals surface area contributed by atoms with E-state index in [0.717, 1.165) is 29.3 Å². The first-order valence-corrected chi connectivity index (χ1v) is 11.6. The lowest BCUT2D eigenvalue weighted by atomic mass is 10.0. The Balaban J connectivity index is 1.28. The SMILES string of the molecule is Nc1nccc2cc(CCC(=O)c3cnc(OCCCN4CCCCC4)c(Cl)c3)ccc12. The molecule has 7 heteroatoms. The number of likely N-dealkylation sites (tertiary alicyclic amines) is 1. The van der Waals surface area contributed by atoms with Gasteiger partial charge in [-0.3, -0.25) is 4.79 Å². The van der Waals surface area contributed by atoms with Gasteiger partial charge in [-0.05, 0) is 61.9 Å². The van der Waals surface area contributed by atoms with Crippen molar-refractivity contribution in [2.24, 2.45) is 0 Å². The van der Waals surface area contributed by atoms with Gasteiger partial charge >= 0.3 is 0 Å². The molecular formula is C25H29ClN4O2. The Hall–Kier alpha value is -2.70. The number of nitrogens with two attached hydrogens (primary N) is 1. The zero-order chi connectivity index (χ0) is 22.3. The van der Waals surface area contributed by atoms with Crippen molar-refractivity contribution in [1.29, 1.82) is 0 Å². The lowest BCUT2D eigenvalue weighted by Crippen LogP contribution is -2.31. The van der Waals surface area contributed by atoms with E-state index in [2.05, 4.69) is 14.9 Å². The van der Waals surface area contributed by atoms with Crippen LogP contribution in [0.15, 0.2) is 42.7 Å². The number of carbonyl (C=O) groups is 1. The number of nitrogen functional groups attached to an aromatic ring is 1. The normalized spacial score (nSPS) is 14.5. The summed E-state index contributed by atoms with van der Waals surface area (Å²) in [6.45, 7) is 3.96. The molecule has 3 heterocycles. The van der Waals surface area contributed by atoms with E-state index in [4.69, 9.17) is 22.1 Å². The maximum absolute atomic E-state index is 12.7. The van der Waals surface area contributed by atoms with Gasteiger partial charge in [0.25, 0.3) is 0 Å². The van der Waals surface area contributed by atoms with E-state index in [0.29, 0.717) is 41.7 Å². The molecule has 0 bridgehead atoms. The van der Waals surface area contributed by atoms with Crippen LogP contribution < -0.4 is 10.5 Å². The van der Waals surface area contributed by atoms with Crippen molar-refractivity contribution in [2.45, 2.75) is 38.5 Å². The summed E-state index contributed by atoms with van der Waals surface area (Å²) < 4.78 is 5.75. The number of fused-ring (bicyclic) bond motifs is 1. The van der Waals surface area contributed by atoms with E-state index in [1.54, 1.807) is 18.5 Å². The Bertz CT molecular complexity index is 1080. The molecule has 2 N–H and O–H groups in total. The Kier molecular flexibility index (Phi) is 7.55. The molecular weight excluding hydrogens is 424 g/mol. The molecule has 6 nitrogen and oxygen atoms in total. The minimum atomic E-state index is 0.00499. The van der Waals surface area contributed by atoms with E-state index in [9.17, 15) is 4.79 Å². The van der Waals surface area contributed by atoms with E-state index < -0.39 is 0 Å². The van der Waals surface area contributed by atoms with Crippen LogP contribution in [0.4, 0.5) is 5.82 Å². The molecule has 32 heavy (non-hydrogen) atoms. The van der Waals surface area contributed by atoms with Crippen LogP contribution in [0.3, 0.4) is 0 Å². The molecule has 0 atom stereocenters. The molecule has 1 aromatic carbocycles. The summed E-state index contributed by atoms with van der Waals surface area (Å²) in [7, 11) is 0. The summed E-state index contributed by atoms with van der Waals surface area (Å²) >= 11 is 6.33. The molecule has 1 aliphatic heterocycles. The molecule has 0 amide bonds. The maximum Gasteiger partial charge on any atom is 0.232 e. The number of aryl methyl sites for hydroxylation is 1. The number of nitrogens with zero attached hydrogens (tertiary/aromatic N) is 3. The second-order valence-corrected chi connectivity index (χ2v) is 8.70. The molecule has 3 aromatic rings. The third kappa shape index (κ3) is 5.75. The Morgan fingerprint density at radius 1 is 1.12 bits per heavy atom. The molecule has 1 saturated heterocycles. The number of rotatable bonds is 9. The van der Waals surface area contributed by atoms with Crippen LogP contribution in [0.25, 0.3) is 10.8 Å². The van der Waals surface area contributed by atoms with Crippen molar-refractivity contribution in [3.63, 3.8) is 0 Å². The molecule has 0 saturated carbocycles. The molecule has 0 unspecified atom stereocenters. The quantitative estimate of drug-likeness (QED) is 0.366. The van der Waals surface area contributed by atoms with E-state index in [-0.39, 0.29) is 5.78 Å². The van der Waals surface area contributed by atoms with Crippen LogP contribution in [0.1, 0.15) is 48.0 Å². The van der Waals surface area contributed by atoms with Crippen molar-refractivity contribution in [3.05, 3.63) is 58.9 Å². The van der Waals surface area contributed by atoms with Gasteiger partial charge in [0.2, 0.25) is 5.88 Å². The fourth-order valence-electron chi connectivity index (χ4n) is 4.13. The molecule has 0 spiro atoms. The van der Waals surface area contributed by atoms with Gasteiger partial charge in [0, 0.05) is 36.3 Å². The number of benzene rings is 1. The first-order chi connectivity index (χ1) is 15.6. The average molecular weight is 453 g/mol. The summed E-state index contributed by atoms with van der Waals surface area (Å²) in [4.78, 5) is 23.5. The molecule has 1 aliphatic rings. The van der Waals surface area contributed by atoms with Crippen molar-refractivity contribution in [2.75, 3.05) is 32.0 Å². The standard InChI is InChI=1S/C25H29ClN4O2/c26-22-16-20(17-29-25(22)32-14-4-13-30-11-2-1-3-12-30)23(31)8-6-18-5-7-21-19(15-18)9-10-28-24(21)27/h5,7,9-10,15-17H,1-4,6,8,11-14H2,(H2,27,28). The first-order valence-electron chi connectivity index (χ1n) is 11.3. The van der Waals surface area contributed by atoms with Crippen LogP contribution in [-0.2, 0) is 6.42 Å². The third-order valence-electron chi connectivity index (χ3n) is 5.94. The fraction of sp³-hybridized carbons (Fsp3) is 0.400. The lowest BCUT2D eigenvalue weighted by molar-refractivity contribution is 0.0982. The van der Waals surface area contributed by atoms with E-state index >= 15 is 0 Å². The summed E-state index contributed by atoms with van der Waals surface area (Å²) in [5.41, 5.74) is 7.48. The first kappa shape index (κ1) is 22.5. The molecule has 168 valence electrons. The van der Waals surface area contributed by atoms with Crippen LogP contribution in [0.5, 0.6) is 5.88 Å². The van der Waals surface area contributed by atoms with Gasteiger partial charge in [-0.15, -0.1) is 0 Å². The van der Waals surface area contributed by atoms with Crippen molar-refractivity contribution < 1.29 is 9.53 Å². The number of anilines is 1. The van der Waals surface area contributed by atoms with Gasteiger partial charge in [-0.1, -0.05) is 36.2 Å².